The average molecular weight is 361 g/mol. The Morgan fingerprint density at radius 2 is 1.52 bits per heavy atom. The number of ether oxygens (including phenoxy) is 2. The minimum atomic E-state index is -0.496. The first-order valence-electron chi connectivity index (χ1n) is 9.16. The maximum absolute atomic E-state index is 12.0. The molecule has 1 amide bonds. The van der Waals surface area contributed by atoms with Crippen LogP contribution in [0.5, 0.6) is 0 Å². The molecule has 0 aliphatic carbocycles. The molecule has 0 saturated heterocycles. The number of likely N-dealkylation sites (N-methyl/N-ethyl adjacent to an activating group) is 1. The third-order valence-corrected chi connectivity index (χ3v) is 3.10. The molecule has 0 heterocycles. The number of esters is 1. The Labute approximate surface area is 152 Å². The molecule has 1 unspecified atom stereocenters. The summed E-state index contributed by atoms with van der Waals surface area (Å²) in [5.74, 6) is -0.195. The third kappa shape index (κ3) is 15.9. The largest absolute Gasteiger partial charge is 0.456 e. The van der Waals surface area contributed by atoms with E-state index < -0.39 is 17.3 Å². The van der Waals surface area contributed by atoms with Crippen molar-refractivity contribution in [3.05, 3.63) is 0 Å². The molecular weight excluding hydrogens is 322 g/mol. The Morgan fingerprint density at radius 3 is 2.04 bits per heavy atom. The van der Waals surface area contributed by atoms with Crippen LogP contribution in [-0.4, -0.2) is 62.5 Å². The summed E-state index contributed by atoms with van der Waals surface area (Å²) in [4.78, 5) is 24.8. The van der Waals surface area contributed by atoms with E-state index in [9.17, 15) is 9.59 Å². The van der Waals surface area contributed by atoms with Crippen LogP contribution in [0.15, 0.2) is 0 Å². The highest BCUT2D eigenvalue weighted by Crippen LogP contribution is 2.06. The van der Waals surface area contributed by atoms with E-state index in [1.54, 1.807) is 0 Å². The number of carbonyl (C=O) groups is 2. The second kappa shape index (κ2) is 11.3. The smallest absolute Gasteiger partial charge is 0.407 e. The molecule has 0 saturated carbocycles. The van der Waals surface area contributed by atoms with Crippen molar-refractivity contribution in [1.82, 2.24) is 10.6 Å². The maximum atomic E-state index is 12.0. The van der Waals surface area contributed by atoms with Crippen LogP contribution in [0.3, 0.4) is 0 Å². The monoisotopic (exact) mass is 360 g/mol. The molecule has 0 spiro atoms. The Hall–Kier alpha value is -1.34. The summed E-state index contributed by atoms with van der Waals surface area (Å²) in [5, 5.41) is 6.02. The zero-order chi connectivity index (χ0) is 19.5. The van der Waals surface area contributed by atoms with Gasteiger partial charge in [0.1, 0.15) is 11.2 Å². The van der Waals surface area contributed by atoms with E-state index in [0.29, 0.717) is 13.1 Å². The number of carbonyl (C=O) groups excluding carboxylic acids is 2. The van der Waals surface area contributed by atoms with Crippen molar-refractivity contribution in [2.75, 3.05) is 39.3 Å². The zero-order valence-electron chi connectivity index (χ0n) is 17.1. The Balaban J connectivity index is 4.26. The molecule has 0 aliphatic rings. The van der Waals surface area contributed by atoms with Crippen LogP contribution in [0.1, 0.15) is 54.9 Å². The summed E-state index contributed by atoms with van der Waals surface area (Å²) >= 11 is 0. The molecule has 1 atom stereocenters. The average Bonchev–Trinajstić information content (AvgIpc) is 2.39. The second-order valence-electron chi connectivity index (χ2n) is 8.15. The van der Waals surface area contributed by atoms with Gasteiger partial charge >= 0.3 is 12.1 Å². The van der Waals surface area contributed by atoms with Gasteiger partial charge in [-0.3, -0.25) is 0 Å². The predicted molar refractivity (Wildman–Crippen MR) is 98.8 cm³/mol. The van der Waals surface area contributed by atoms with Crippen molar-refractivity contribution in [2.45, 2.75) is 66.1 Å². The highest BCUT2D eigenvalue weighted by molar-refractivity contribution is 5.70. The van der Waals surface area contributed by atoms with E-state index in [4.69, 9.17) is 9.47 Å². The zero-order valence-corrected chi connectivity index (χ0v) is 17.1. The fourth-order valence-electron chi connectivity index (χ4n) is 2.17. The van der Waals surface area contributed by atoms with Gasteiger partial charge in [-0.05, 0) is 48.1 Å². The highest BCUT2D eigenvalue weighted by atomic mass is 16.6. The standard InChI is InChI=1S/C18H37N3O4/c1-8-19-11-13-21(14-15(22)24-17(2,3)4)12-9-10-20-16(23)25-18(5,6)7/h19H,8-14H2,1-7H3,(H,20,23)/p+1. The Bertz CT molecular complexity index is 400. The molecule has 0 aromatic rings. The maximum Gasteiger partial charge on any atom is 0.407 e. The molecule has 0 rings (SSSR count). The van der Waals surface area contributed by atoms with Crippen molar-refractivity contribution >= 4 is 12.1 Å². The van der Waals surface area contributed by atoms with Crippen molar-refractivity contribution in [3.63, 3.8) is 0 Å². The van der Waals surface area contributed by atoms with Crippen LogP contribution in [0, 0.1) is 0 Å². The first-order valence-corrected chi connectivity index (χ1v) is 9.16. The second-order valence-corrected chi connectivity index (χ2v) is 8.15. The summed E-state index contributed by atoms with van der Waals surface area (Å²) < 4.78 is 10.6. The molecule has 0 aliphatic heterocycles. The van der Waals surface area contributed by atoms with Crippen LogP contribution in [0.2, 0.25) is 0 Å². The van der Waals surface area contributed by atoms with Gasteiger partial charge in [-0.2, -0.15) is 0 Å². The molecule has 3 N–H and O–H groups in total. The molecule has 7 heteroatoms. The molecular formula is C18H38N3O4+. The fraction of sp³-hybridized carbons (Fsp3) is 0.889. The molecule has 0 fully saturated rings. The number of rotatable bonds is 10. The summed E-state index contributed by atoms with van der Waals surface area (Å²) in [6.07, 6.45) is 0.359. The van der Waals surface area contributed by atoms with Gasteiger partial charge in [-0.25, -0.2) is 9.59 Å². The van der Waals surface area contributed by atoms with Gasteiger partial charge in [0.25, 0.3) is 0 Å². The Morgan fingerprint density at radius 1 is 0.920 bits per heavy atom. The molecule has 148 valence electrons. The van der Waals surface area contributed by atoms with E-state index in [0.717, 1.165) is 37.5 Å². The van der Waals surface area contributed by atoms with Crippen molar-refractivity contribution in [2.24, 2.45) is 0 Å². The van der Waals surface area contributed by atoms with E-state index in [1.165, 1.54) is 0 Å². The molecule has 0 radical (unpaired) electrons. The Kier molecular flexibility index (Phi) is 10.7. The van der Waals surface area contributed by atoms with Gasteiger partial charge < -0.3 is 25.0 Å². The lowest BCUT2D eigenvalue weighted by Crippen LogP contribution is -3.13. The fourth-order valence-corrected chi connectivity index (χ4v) is 2.17. The predicted octanol–water partition coefficient (Wildman–Crippen LogP) is 0.737. The third-order valence-electron chi connectivity index (χ3n) is 3.10. The van der Waals surface area contributed by atoms with Crippen molar-refractivity contribution in [1.29, 1.82) is 0 Å². The summed E-state index contributed by atoms with van der Waals surface area (Å²) in [6.45, 7) is 17.4. The molecule has 0 bridgehead atoms. The minimum absolute atomic E-state index is 0.195. The number of quaternary nitrogens is 1. The lowest BCUT2D eigenvalue weighted by atomic mass is 10.2. The van der Waals surface area contributed by atoms with E-state index in [1.807, 2.05) is 41.5 Å². The van der Waals surface area contributed by atoms with Crippen molar-refractivity contribution in [3.8, 4) is 0 Å². The molecule has 0 aromatic heterocycles. The van der Waals surface area contributed by atoms with Crippen LogP contribution in [0.25, 0.3) is 0 Å². The van der Waals surface area contributed by atoms with Gasteiger partial charge in [-0.1, -0.05) is 6.92 Å². The summed E-state index contributed by atoms with van der Waals surface area (Å²) in [5.41, 5.74) is -0.966. The van der Waals surface area contributed by atoms with Gasteiger partial charge in [0.2, 0.25) is 0 Å². The summed E-state index contributed by atoms with van der Waals surface area (Å²) in [6, 6.07) is 0. The van der Waals surface area contributed by atoms with Crippen molar-refractivity contribution < 1.29 is 24.0 Å². The van der Waals surface area contributed by atoms with Gasteiger partial charge in [0.05, 0.1) is 13.1 Å². The molecule has 25 heavy (non-hydrogen) atoms. The minimum Gasteiger partial charge on any atom is -0.456 e. The normalized spacial score (nSPS) is 13.2. The SMILES string of the molecule is CCNCC[NH+](CCCNC(=O)OC(C)(C)C)CC(=O)OC(C)(C)C. The van der Waals surface area contributed by atoms with E-state index in [-0.39, 0.29) is 5.97 Å². The lowest BCUT2D eigenvalue weighted by Gasteiger charge is -2.23. The van der Waals surface area contributed by atoms with Gasteiger partial charge in [0.15, 0.2) is 6.54 Å². The van der Waals surface area contributed by atoms with E-state index >= 15 is 0 Å². The van der Waals surface area contributed by atoms with Crippen LogP contribution in [0.4, 0.5) is 4.79 Å². The van der Waals surface area contributed by atoms with Crippen LogP contribution < -0.4 is 15.5 Å². The summed E-state index contributed by atoms with van der Waals surface area (Å²) in [7, 11) is 0. The number of hydrogen-bond donors (Lipinski definition) is 3. The van der Waals surface area contributed by atoms with Crippen LogP contribution in [-0.2, 0) is 14.3 Å². The quantitative estimate of drug-likeness (QED) is 0.395. The van der Waals surface area contributed by atoms with Crippen LogP contribution >= 0.6 is 0 Å². The van der Waals surface area contributed by atoms with Gasteiger partial charge in [-0.15, -0.1) is 0 Å². The van der Waals surface area contributed by atoms with E-state index in [2.05, 4.69) is 17.6 Å². The number of amides is 1. The topological polar surface area (TPSA) is 81.1 Å². The number of nitrogens with one attached hydrogen (secondary N) is 3. The first-order chi connectivity index (χ1) is 11.4. The lowest BCUT2D eigenvalue weighted by molar-refractivity contribution is -0.891. The molecule has 0 aromatic carbocycles. The molecule has 7 nitrogen and oxygen atoms in total. The van der Waals surface area contributed by atoms with Gasteiger partial charge in [0, 0.05) is 19.5 Å². The number of hydrogen-bond acceptors (Lipinski definition) is 5. The highest BCUT2D eigenvalue weighted by Gasteiger charge is 2.21. The first kappa shape index (κ1) is 23.7. The number of alkyl carbamates (subject to hydrolysis) is 1.